The molecule has 0 saturated carbocycles. The number of carbonyl (C=O) groups excluding carboxylic acids is 1. The lowest BCUT2D eigenvalue weighted by Crippen LogP contribution is -2.37. The molecule has 0 bridgehead atoms. The van der Waals surface area contributed by atoms with Crippen LogP contribution in [0.1, 0.15) is 46.9 Å². The number of aromatic nitrogens is 3. The molecule has 168 valence electrons. The maximum atomic E-state index is 13.0. The van der Waals surface area contributed by atoms with Gasteiger partial charge in [0.2, 0.25) is 5.95 Å². The molecule has 32 heavy (non-hydrogen) atoms. The summed E-state index contributed by atoms with van der Waals surface area (Å²) in [5.41, 5.74) is 3.55. The smallest absolute Gasteiger partial charge is 0.268 e. The number of aryl methyl sites for hydroxylation is 1. The van der Waals surface area contributed by atoms with E-state index in [0.717, 1.165) is 72.9 Å². The van der Waals surface area contributed by atoms with E-state index < -0.39 is 0 Å². The lowest BCUT2D eigenvalue weighted by molar-refractivity contribution is 0.0845. The average Bonchev–Trinajstić information content (AvgIpc) is 3.44. The predicted molar refractivity (Wildman–Crippen MR) is 122 cm³/mol. The van der Waals surface area contributed by atoms with Crippen LogP contribution in [0, 0.1) is 6.92 Å². The van der Waals surface area contributed by atoms with Crippen LogP contribution in [0.2, 0.25) is 0 Å². The molecule has 5 rings (SSSR count). The molecule has 1 amide bonds. The fourth-order valence-electron chi connectivity index (χ4n) is 4.71. The summed E-state index contributed by atoms with van der Waals surface area (Å²) >= 11 is 0. The second-order valence-electron chi connectivity index (χ2n) is 8.61. The number of rotatable bonds is 5. The zero-order valence-electron chi connectivity index (χ0n) is 18.6. The fraction of sp³-hybridized carbons (Fsp3) is 0.458. The molecule has 2 aliphatic heterocycles. The molecule has 1 aromatic carbocycles. The molecular weight excluding hydrogens is 406 g/mol. The number of anilines is 1. The van der Waals surface area contributed by atoms with Crippen LogP contribution in [0.15, 0.2) is 30.5 Å². The lowest BCUT2D eigenvalue weighted by Gasteiger charge is -2.23. The highest BCUT2D eigenvalue weighted by atomic mass is 16.5. The monoisotopic (exact) mass is 435 g/mol. The van der Waals surface area contributed by atoms with Crippen molar-refractivity contribution in [2.45, 2.75) is 38.1 Å². The van der Waals surface area contributed by atoms with Gasteiger partial charge in [0.1, 0.15) is 11.4 Å². The molecular formula is C24H29N5O3. The first-order chi connectivity index (χ1) is 15.6. The number of ether oxygens (including phenoxy) is 2. The third-order valence-corrected chi connectivity index (χ3v) is 6.60. The average molecular weight is 436 g/mol. The molecule has 2 fully saturated rings. The number of carbonyl (C=O) groups is 1. The van der Waals surface area contributed by atoms with Gasteiger partial charge in [0, 0.05) is 61.1 Å². The van der Waals surface area contributed by atoms with E-state index in [1.165, 1.54) is 0 Å². The number of nitrogens with one attached hydrogen (secondary N) is 2. The predicted octanol–water partition coefficient (Wildman–Crippen LogP) is 3.18. The van der Waals surface area contributed by atoms with Crippen LogP contribution in [-0.4, -0.2) is 60.3 Å². The third-order valence-electron chi connectivity index (χ3n) is 6.60. The Balaban J connectivity index is 1.26. The van der Waals surface area contributed by atoms with Crippen molar-refractivity contribution in [3.63, 3.8) is 0 Å². The van der Waals surface area contributed by atoms with Crippen molar-refractivity contribution in [2.75, 3.05) is 38.3 Å². The Morgan fingerprint density at radius 1 is 1.25 bits per heavy atom. The standard InChI is InChI=1S/C24H29N5O3/c1-15-19-13-18(31-2)3-4-21(19)27-22(15)23(30)26-17-6-10-29(14-17)24-25-9-5-20(28-24)16-7-11-32-12-8-16/h3-5,9,13,16-17,27H,6-8,10-12,14H2,1-2H3,(H,26,30). The van der Waals surface area contributed by atoms with E-state index in [2.05, 4.69) is 20.2 Å². The normalized spacial score (nSPS) is 19.4. The van der Waals surface area contributed by atoms with E-state index >= 15 is 0 Å². The second-order valence-corrected chi connectivity index (χ2v) is 8.61. The Bertz CT molecular complexity index is 1120. The number of H-pyrrole nitrogens is 1. The van der Waals surface area contributed by atoms with Crippen LogP contribution < -0.4 is 15.0 Å². The van der Waals surface area contributed by atoms with Gasteiger partial charge in [-0.1, -0.05) is 0 Å². The number of aromatic amines is 1. The molecule has 0 radical (unpaired) electrons. The summed E-state index contributed by atoms with van der Waals surface area (Å²) in [6.07, 6.45) is 4.72. The minimum Gasteiger partial charge on any atom is -0.497 e. The van der Waals surface area contributed by atoms with E-state index in [0.29, 0.717) is 18.2 Å². The minimum atomic E-state index is -0.0820. The van der Waals surface area contributed by atoms with Crippen LogP contribution in [0.5, 0.6) is 5.75 Å². The first kappa shape index (κ1) is 20.8. The molecule has 1 unspecified atom stereocenters. The van der Waals surface area contributed by atoms with Gasteiger partial charge in [0.25, 0.3) is 5.91 Å². The quantitative estimate of drug-likeness (QED) is 0.640. The number of nitrogens with zero attached hydrogens (tertiary/aromatic N) is 3. The van der Waals surface area contributed by atoms with Gasteiger partial charge in [-0.3, -0.25) is 4.79 Å². The van der Waals surface area contributed by atoms with Gasteiger partial charge >= 0.3 is 0 Å². The largest absolute Gasteiger partial charge is 0.497 e. The van der Waals surface area contributed by atoms with E-state index in [9.17, 15) is 4.79 Å². The summed E-state index contributed by atoms with van der Waals surface area (Å²) in [6, 6.07) is 7.86. The molecule has 8 nitrogen and oxygen atoms in total. The van der Waals surface area contributed by atoms with Crippen molar-refractivity contribution in [1.82, 2.24) is 20.3 Å². The van der Waals surface area contributed by atoms with Crippen molar-refractivity contribution < 1.29 is 14.3 Å². The third kappa shape index (κ3) is 4.02. The summed E-state index contributed by atoms with van der Waals surface area (Å²) in [5, 5.41) is 4.19. The van der Waals surface area contributed by atoms with Crippen molar-refractivity contribution in [2.24, 2.45) is 0 Å². The van der Waals surface area contributed by atoms with Gasteiger partial charge in [-0.05, 0) is 56.0 Å². The first-order valence-electron chi connectivity index (χ1n) is 11.2. The van der Waals surface area contributed by atoms with Gasteiger partial charge in [0.05, 0.1) is 7.11 Å². The van der Waals surface area contributed by atoms with Crippen molar-refractivity contribution in [3.8, 4) is 5.75 Å². The van der Waals surface area contributed by atoms with Crippen molar-refractivity contribution in [1.29, 1.82) is 0 Å². The Morgan fingerprint density at radius 2 is 2.09 bits per heavy atom. The van der Waals surface area contributed by atoms with Crippen LogP contribution in [0.3, 0.4) is 0 Å². The van der Waals surface area contributed by atoms with E-state index in [-0.39, 0.29) is 11.9 Å². The number of methoxy groups -OCH3 is 1. The highest BCUT2D eigenvalue weighted by Gasteiger charge is 2.28. The molecule has 2 N–H and O–H groups in total. The molecule has 0 aliphatic carbocycles. The Kier molecular flexibility index (Phi) is 5.70. The number of hydrogen-bond donors (Lipinski definition) is 2. The topological polar surface area (TPSA) is 92.4 Å². The van der Waals surface area contributed by atoms with Gasteiger partial charge < -0.3 is 24.7 Å². The zero-order valence-corrected chi connectivity index (χ0v) is 18.6. The van der Waals surface area contributed by atoms with Gasteiger partial charge in [-0.15, -0.1) is 0 Å². The number of hydrogen-bond acceptors (Lipinski definition) is 6. The van der Waals surface area contributed by atoms with Crippen LogP contribution in [0.25, 0.3) is 10.9 Å². The molecule has 1 atom stereocenters. The first-order valence-corrected chi connectivity index (χ1v) is 11.2. The number of fused-ring (bicyclic) bond motifs is 1. The Hall–Kier alpha value is -3.13. The van der Waals surface area contributed by atoms with Gasteiger partial charge in [0.15, 0.2) is 0 Å². The summed E-state index contributed by atoms with van der Waals surface area (Å²) in [7, 11) is 1.64. The van der Waals surface area contributed by atoms with Crippen molar-refractivity contribution >= 4 is 22.8 Å². The Labute approximate surface area is 187 Å². The molecule has 2 aromatic heterocycles. The highest BCUT2D eigenvalue weighted by molar-refractivity contribution is 6.01. The maximum Gasteiger partial charge on any atom is 0.268 e. The maximum absolute atomic E-state index is 13.0. The SMILES string of the molecule is COc1ccc2[nH]c(C(=O)NC3CCN(c4nccc(C5CCOCC5)n4)C3)c(C)c2c1. The minimum absolute atomic E-state index is 0.0539. The summed E-state index contributed by atoms with van der Waals surface area (Å²) in [6.45, 7) is 5.08. The Morgan fingerprint density at radius 3 is 2.91 bits per heavy atom. The fourth-order valence-corrected chi connectivity index (χ4v) is 4.71. The number of amides is 1. The summed E-state index contributed by atoms with van der Waals surface area (Å²) < 4.78 is 10.8. The summed E-state index contributed by atoms with van der Waals surface area (Å²) in [5.74, 6) is 1.88. The molecule has 2 saturated heterocycles. The molecule has 0 spiro atoms. The van der Waals surface area contributed by atoms with E-state index in [1.807, 2.05) is 37.4 Å². The van der Waals surface area contributed by atoms with E-state index in [1.54, 1.807) is 7.11 Å². The van der Waals surface area contributed by atoms with Crippen LogP contribution >= 0.6 is 0 Å². The van der Waals surface area contributed by atoms with Gasteiger partial charge in [-0.2, -0.15) is 0 Å². The lowest BCUT2D eigenvalue weighted by atomic mass is 9.96. The van der Waals surface area contributed by atoms with Gasteiger partial charge in [-0.25, -0.2) is 9.97 Å². The zero-order chi connectivity index (χ0) is 22.1. The molecule has 3 aromatic rings. The number of benzene rings is 1. The summed E-state index contributed by atoms with van der Waals surface area (Å²) in [4.78, 5) is 27.8. The van der Waals surface area contributed by atoms with Crippen molar-refractivity contribution in [3.05, 3.63) is 47.4 Å². The van der Waals surface area contributed by atoms with E-state index in [4.69, 9.17) is 14.5 Å². The highest BCUT2D eigenvalue weighted by Crippen LogP contribution is 2.28. The van der Waals surface area contributed by atoms with Crippen LogP contribution in [-0.2, 0) is 4.74 Å². The second kappa shape index (κ2) is 8.78. The van der Waals surface area contributed by atoms with Crippen LogP contribution in [0.4, 0.5) is 5.95 Å². The molecule has 4 heterocycles. The molecule has 8 heteroatoms. The molecule has 2 aliphatic rings.